The maximum Gasteiger partial charge on any atom is 0.265 e. The molecule has 2 rings (SSSR count). The quantitative estimate of drug-likeness (QED) is 0.905. The first kappa shape index (κ1) is 13.3. The highest BCUT2D eigenvalue weighted by molar-refractivity contribution is 7.17. The Hall–Kier alpha value is -1.14. The second-order valence-electron chi connectivity index (χ2n) is 4.94. The van der Waals surface area contributed by atoms with E-state index in [4.69, 9.17) is 10.5 Å². The van der Waals surface area contributed by atoms with Crippen LogP contribution < -0.4 is 5.73 Å². The van der Waals surface area contributed by atoms with Crippen LogP contribution in [0.2, 0.25) is 0 Å². The van der Waals surface area contributed by atoms with Gasteiger partial charge in [-0.3, -0.25) is 4.79 Å². The van der Waals surface area contributed by atoms with Gasteiger partial charge in [-0.2, -0.15) is 0 Å². The molecule has 0 aliphatic carbocycles. The van der Waals surface area contributed by atoms with Crippen LogP contribution in [0.3, 0.4) is 0 Å². The van der Waals surface area contributed by atoms with E-state index in [9.17, 15) is 4.79 Å². The summed E-state index contributed by atoms with van der Waals surface area (Å²) in [5.41, 5.74) is 5.55. The summed E-state index contributed by atoms with van der Waals surface area (Å²) >= 11 is 1.24. The van der Waals surface area contributed by atoms with Crippen LogP contribution in [-0.2, 0) is 4.74 Å². The van der Waals surface area contributed by atoms with Gasteiger partial charge in [0.15, 0.2) is 5.13 Å². The lowest BCUT2D eigenvalue weighted by molar-refractivity contribution is -0.0296. The van der Waals surface area contributed by atoms with E-state index in [2.05, 4.69) is 18.8 Å². The molecule has 1 aliphatic heterocycles. The predicted octanol–water partition coefficient (Wildman–Crippen LogP) is 1.61. The number of morpholine rings is 1. The Balaban J connectivity index is 1.98. The van der Waals surface area contributed by atoms with Crippen molar-refractivity contribution in [3.8, 4) is 0 Å². The third kappa shape index (κ3) is 3.20. The van der Waals surface area contributed by atoms with Crippen LogP contribution in [0.4, 0.5) is 5.13 Å². The molecule has 1 fully saturated rings. The highest BCUT2D eigenvalue weighted by atomic mass is 32.1. The number of anilines is 1. The third-order valence-electron chi connectivity index (χ3n) is 2.89. The lowest BCUT2D eigenvalue weighted by atomic mass is 10.0. The highest BCUT2D eigenvalue weighted by Gasteiger charge is 2.26. The standard InChI is InChI=1S/C12H19N3O2S/c1-8(2)5-9-7-15(3-4-17-9)11(16)10-6-14-12(13)18-10/h6,8-9H,3-5,7H2,1-2H3,(H2,13,14)/t9-/m0/s1. The normalized spacial score (nSPS) is 20.4. The van der Waals surface area contributed by atoms with Gasteiger partial charge in [0.25, 0.3) is 5.91 Å². The number of nitrogens with zero attached hydrogens (tertiary/aromatic N) is 2. The first-order valence-corrected chi connectivity index (χ1v) is 7.00. The van der Waals surface area contributed by atoms with Crippen LogP contribution in [0.5, 0.6) is 0 Å². The van der Waals surface area contributed by atoms with Crippen LogP contribution >= 0.6 is 11.3 Å². The van der Waals surface area contributed by atoms with Crippen molar-refractivity contribution in [1.82, 2.24) is 9.88 Å². The summed E-state index contributed by atoms with van der Waals surface area (Å²) in [6, 6.07) is 0. The van der Waals surface area contributed by atoms with Crippen molar-refractivity contribution >= 4 is 22.4 Å². The van der Waals surface area contributed by atoms with Crippen molar-refractivity contribution in [1.29, 1.82) is 0 Å². The van der Waals surface area contributed by atoms with Crippen molar-refractivity contribution in [2.75, 3.05) is 25.4 Å². The molecule has 2 heterocycles. The minimum atomic E-state index is 0.0151. The van der Waals surface area contributed by atoms with Gasteiger partial charge in [-0.05, 0) is 12.3 Å². The molecule has 0 bridgehead atoms. The summed E-state index contributed by atoms with van der Waals surface area (Å²) in [6.07, 6.45) is 2.68. The van der Waals surface area contributed by atoms with E-state index in [-0.39, 0.29) is 12.0 Å². The molecule has 2 N–H and O–H groups in total. The lowest BCUT2D eigenvalue weighted by Crippen LogP contribution is -2.45. The zero-order chi connectivity index (χ0) is 13.1. The van der Waals surface area contributed by atoms with Crippen LogP contribution in [-0.4, -0.2) is 41.6 Å². The summed E-state index contributed by atoms with van der Waals surface area (Å²) < 4.78 is 5.68. The molecule has 5 nitrogen and oxygen atoms in total. The zero-order valence-electron chi connectivity index (χ0n) is 10.8. The molecule has 1 amide bonds. The van der Waals surface area contributed by atoms with Gasteiger partial charge in [-0.25, -0.2) is 4.98 Å². The maximum atomic E-state index is 12.2. The summed E-state index contributed by atoms with van der Waals surface area (Å²) in [6.45, 7) is 6.24. The van der Waals surface area contributed by atoms with Crippen LogP contribution in [0, 0.1) is 5.92 Å². The van der Waals surface area contributed by atoms with Crippen molar-refractivity contribution in [2.24, 2.45) is 5.92 Å². The average molecular weight is 269 g/mol. The second-order valence-corrected chi connectivity index (χ2v) is 6.00. The maximum absolute atomic E-state index is 12.2. The molecule has 1 aliphatic rings. The topological polar surface area (TPSA) is 68.5 Å². The molecule has 0 saturated carbocycles. The van der Waals surface area contributed by atoms with Gasteiger partial charge in [-0.1, -0.05) is 25.2 Å². The van der Waals surface area contributed by atoms with E-state index in [1.807, 2.05) is 4.90 Å². The highest BCUT2D eigenvalue weighted by Crippen LogP contribution is 2.20. The minimum Gasteiger partial charge on any atom is -0.375 e. The Morgan fingerprint density at radius 2 is 2.50 bits per heavy atom. The Bertz CT molecular complexity index is 419. The smallest absolute Gasteiger partial charge is 0.265 e. The van der Waals surface area contributed by atoms with E-state index in [1.54, 1.807) is 6.20 Å². The molecule has 100 valence electrons. The number of nitrogens with two attached hydrogens (primary N) is 1. The van der Waals surface area contributed by atoms with Gasteiger partial charge >= 0.3 is 0 Å². The Morgan fingerprint density at radius 1 is 1.72 bits per heavy atom. The fraction of sp³-hybridized carbons (Fsp3) is 0.667. The number of hydrogen-bond acceptors (Lipinski definition) is 5. The number of carbonyl (C=O) groups excluding carboxylic acids is 1. The number of amides is 1. The number of thiazole rings is 1. The van der Waals surface area contributed by atoms with Crippen molar-refractivity contribution < 1.29 is 9.53 Å². The van der Waals surface area contributed by atoms with Crippen LogP contribution in [0.1, 0.15) is 29.9 Å². The minimum absolute atomic E-state index is 0.0151. The number of aromatic nitrogens is 1. The van der Waals surface area contributed by atoms with E-state index >= 15 is 0 Å². The summed E-state index contributed by atoms with van der Waals surface area (Å²) in [5, 5.41) is 0.435. The van der Waals surface area contributed by atoms with E-state index < -0.39 is 0 Å². The van der Waals surface area contributed by atoms with Gasteiger partial charge in [0.1, 0.15) is 4.88 Å². The number of carbonyl (C=O) groups is 1. The molecule has 0 radical (unpaired) electrons. The number of rotatable bonds is 3. The first-order valence-electron chi connectivity index (χ1n) is 6.18. The van der Waals surface area contributed by atoms with Gasteiger partial charge in [0.05, 0.1) is 18.9 Å². The van der Waals surface area contributed by atoms with E-state index in [0.29, 0.717) is 35.6 Å². The molecule has 1 saturated heterocycles. The predicted molar refractivity (Wildman–Crippen MR) is 71.6 cm³/mol. The number of hydrogen-bond donors (Lipinski definition) is 1. The molecule has 0 aromatic carbocycles. The van der Waals surface area contributed by atoms with Gasteiger partial charge < -0.3 is 15.4 Å². The van der Waals surface area contributed by atoms with Gasteiger partial charge in [0.2, 0.25) is 0 Å². The molecular formula is C12H19N3O2S. The molecule has 1 aromatic rings. The zero-order valence-corrected chi connectivity index (χ0v) is 11.6. The van der Waals surface area contributed by atoms with Crippen LogP contribution in [0.15, 0.2) is 6.20 Å². The Labute approximate surface area is 111 Å². The van der Waals surface area contributed by atoms with E-state index in [0.717, 1.165) is 6.42 Å². The number of nitrogen functional groups attached to an aromatic ring is 1. The Kier molecular flexibility index (Phi) is 4.19. The van der Waals surface area contributed by atoms with Crippen molar-refractivity contribution in [3.05, 3.63) is 11.1 Å². The number of ether oxygens (including phenoxy) is 1. The van der Waals surface area contributed by atoms with Crippen molar-refractivity contribution in [2.45, 2.75) is 26.4 Å². The molecule has 0 spiro atoms. The fourth-order valence-electron chi connectivity index (χ4n) is 2.11. The fourth-order valence-corrected chi connectivity index (χ4v) is 2.77. The van der Waals surface area contributed by atoms with Crippen molar-refractivity contribution in [3.63, 3.8) is 0 Å². The Morgan fingerprint density at radius 3 is 3.11 bits per heavy atom. The summed E-state index contributed by atoms with van der Waals surface area (Å²) in [5.74, 6) is 0.588. The molecule has 18 heavy (non-hydrogen) atoms. The summed E-state index contributed by atoms with van der Waals surface area (Å²) in [4.78, 5) is 18.6. The first-order chi connectivity index (χ1) is 8.56. The molecule has 1 atom stereocenters. The van der Waals surface area contributed by atoms with Gasteiger partial charge in [-0.15, -0.1) is 0 Å². The summed E-state index contributed by atoms with van der Waals surface area (Å²) in [7, 11) is 0. The second kappa shape index (κ2) is 5.67. The monoisotopic (exact) mass is 269 g/mol. The van der Waals surface area contributed by atoms with Crippen LogP contribution in [0.25, 0.3) is 0 Å². The molecule has 1 aromatic heterocycles. The third-order valence-corrected chi connectivity index (χ3v) is 3.71. The lowest BCUT2D eigenvalue weighted by Gasteiger charge is -2.33. The van der Waals surface area contributed by atoms with Gasteiger partial charge in [0, 0.05) is 13.1 Å². The molecule has 0 unspecified atom stereocenters. The largest absolute Gasteiger partial charge is 0.375 e. The average Bonchev–Trinajstić information content (AvgIpc) is 2.74. The van der Waals surface area contributed by atoms with E-state index in [1.165, 1.54) is 11.3 Å². The SMILES string of the molecule is CC(C)C[C@H]1CN(C(=O)c2cnc(N)s2)CCO1. The molecule has 6 heteroatoms. The molecular weight excluding hydrogens is 250 g/mol.